The van der Waals surface area contributed by atoms with E-state index in [1.807, 2.05) is 12.1 Å². The number of sulfonamides is 1. The topological polar surface area (TPSA) is 97.4 Å². The van der Waals surface area contributed by atoms with Crippen LogP contribution in [0.4, 0.5) is 5.13 Å². The summed E-state index contributed by atoms with van der Waals surface area (Å²) in [5.41, 5.74) is 2.20. The number of methoxy groups -OCH3 is 1. The molecule has 154 valence electrons. The maximum absolute atomic E-state index is 12.7. The number of aromatic nitrogens is 1. The molecule has 29 heavy (non-hydrogen) atoms. The minimum absolute atomic E-state index is 0.0850. The fraction of sp³-hybridized carbons (Fsp3) is 0.300. The summed E-state index contributed by atoms with van der Waals surface area (Å²) >= 11 is 1.38. The molecule has 7 nitrogen and oxygen atoms in total. The molecule has 0 saturated carbocycles. The van der Waals surface area contributed by atoms with Gasteiger partial charge >= 0.3 is 0 Å². The van der Waals surface area contributed by atoms with Gasteiger partial charge in [-0.05, 0) is 56.2 Å². The van der Waals surface area contributed by atoms with E-state index in [4.69, 9.17) is 4.74 Å². The van der Waals surface area contributed by atoms with Crippen LogP contribution in [0.15, 0.2) is 41.3 Å². The summed E-state index contributed by atoms with van der Waals surface area (Å²) < 4.78 is 33.9. The van der Waals surface area contributed by atoms with Gasteiger partial charge in [0.1, 0.15) is 10.6 Å². The van der Waals surface area contributed by atoms with Crippen molar-refractivity contribution >= 4 is 42.6 Å². The SMILES string of the molecule is CCc1ccc2nc(NC(=O)c3ccc(OC)c(S(=O)(=O)NC(C)C)c3)sc2c1. The molecule has 0 atom stereocenters. The molecule has 0 spiro atoms. The third-order valence-corrected chi connectivity index (χ3v) is 6.80. The molecule has 0 aliphatic heterocycles. The van der Waals surface area contributed by atoms with Crippen molar-refractivity contribution in [3.63, 3.8) is 0 Å². The Morgan fingerprint density at radius 3 is 2.62 bits per heavy atom. The van der Waals surface area contributed by atoms with E-state index in [0.29, 0.717) is 5.13 Å². The minimum Gasteiger partial charge on any atom is -0.495 e. The van der Waals surface area contributed by atoms with Crippen LogP contribution in [0.5, 0.6) is 5.75 Å². The molecule has 1 amide bonds. The van der Waals surface area contributed by atoms with Crippen LogP contribution < -0.4 is 14.8 Å². The van der Waals surface area contributed by atoms with Gasteiger partial charge in [0, 0.05) is 11.6 Å². The second-order valence-corrected chi connectivity index (χ2v) is 9.48. The third-order valence-electron chi connectivity index (χ3n) is 4.19. The standard InChI is InChI=1S/C20H23N3O4S2/c1-5-13-6-8-15-17(10-13)28-20(21-15)22-19(24)14-7-9-16(27-4)18(11-14)29(25,26)23-12(2)3/h6-12,23H,5H2,1-4H3,(H,21,22,24). The van der Waals surface area contributed by atoms with Gasteiger partial charge in [-0.2, -0.15) is 0 Å². The van der Waals surface area contributed by atoms with Gasteiger partial charge in [-0.15, -0.1) is 0 Å². The molecule has 1 heterocycles. The van der Waals surface area contributed by atoms with Crippen LogP contribution in [0, 0.1) is 0 Å². The van der Waals surface area contributed by atoms with Crippen molar-refractivity contribution in [2.75, 3.05) is 12.4 Å². The van der Waals surface area contributed by atoms with Crippen LogP contribution >= 0.6 is 11.3 Å². The van der Waals surface area contributed by atoms with E-state index in [-0.39, 0.29) is 22.3 Å². The summed E-state index contributed by atoms with van der Waals surface area (Å²) in [7, 11) is -2.44. The van der Waals surface area contributed by atoms with Gasteiger partial charge in [0.2, 0.25) is 10.0 Å². The van der Waals surface area contributed by atoms with E-state index in [2.05, 4.69) is 28.0 Å². The Hall–Kier alpha value is -2.49. The summed E-state index contributed by atoms with van der Waals surface area (Å²) in [5.74, 6) is -0.273. The van der Waals surface area contributed by atoms with E-state index < -0.39 is 15.9 Å². The highest BCUT2D eigenvalue weighted by Gasteiger charge is 2.23. The lowest BCUT2D eigenvalue weighted by molar-refractivity contribution is 0.102. The van der Waals surface area contributed by atoms with Crippen LogP contribution in [0.25, 0.3) is 10.2 Å². The zero-order valence-electron chi connectivity index (χ0n) is 16.6. The second-order valence-electron chi connectivity index (χ2n) is 6.77. The predicted octanol–water partition coefficient (Wildman–Crippen LogP) is 3.81. The maximum atomic E-state index is 12.7. The lowest BCUT2D eigenvalue weighted by atomic mass is 10.2. The van der Waals surface area contributed by atoms with Crippen LogP contribution in [-0.2, 0) is 16.4 Å². The summed E-state index contributed by atoms with van der Waals surface area (Å²) in [4.78, 5) is 17.1. The van der Waals surface area contributed by atoms with Crippen LogP contribution in [0.1, 0.15) is 36.7 Å². The zero-order chi connectivity index (χ0) is 21.2. The highest BCUT2D eigenvalue weighted by Crippen LogP contribution is 2.29. The van der Waals surface area contributed by atoms with Gasteiger partial charge in [0.05, 0.1) is 17.3 Å². The monoisotopic (exact) mass is 433 g/mol. The van der Waals surface area contributed by atoms with Crippen LogP contribution in [0.2, 0.25) is 0 Å². The molecule has 2 N–H and O–H groups in total. The van der Waals surface area contributed by atoms with Crippen LogP contribution in [-0.4, -0.2) is 32.5 Å². The molecule has 1 aromatic heterocycles. The minimum atomic E-state index is -3.83. The Morgan fingerprint density at radius 2 is 1.97 bits per heavy atom. The number of hydrogen-bond donors (Lipinski definition) is 2. The van der Waals surface area contributed by atoms with Crippen molar-refractivity contribution in [2.45, 2.75) is 38.1 Å². The molecule has 0 saturated heterocycles. The first-order valence-electron chi connectivity index (χ1n) is 9.14. The van der Waals surface area contributed by atoms with Gasteiger partial charge in [-0.3, -0.25) is 10.1 Å². The zero-order valence-corrected chi connectivity index (χ0v) is 18.3. The number of carbonyl (C=O) groups is 1. The first-order chi connectivity index (χ1) is 13.7. The number of hydrogen-bond acceptors (Lipinski definition) is 6. The smallest absolute Gasteiger partial charge is 0.257 e. The summed E-state index contributed by atoms with van der Waals surface area (Å²) in [5, 5.41) is 3.21. The number of nitrogens with zero attached hydrogens (tertiary/aromatic N) is 1. The Kier molecular flexibility index (Phi) is 6.21. The van der Waals surface area contributed by atoms with Crippen molar-refractivity contribution in [3.05, 3.63) is 47.5 Å². The Morgan fingerprint density at radius 1 is 1.21 bits per heavy atom. The number of carbonyl (C=O) groups excluding carboxylic acids is 1. The lowest BCUT2D eigenvalue weighted by Gasteiger charge is -2.14. The molecule has 0 fully saturated rings. The Labute approximate surface area is 174 Å². The largest absolute Gasteiger partial charge is 0.495 e. The molecule has 3 aromatic rings. The predicted molar refractivity (Wildman–Crippen MR) is 115 cm³/mol. The van der Waals surface area contributed by atoms with Gasteiger partial charge in [-0.25, -0.2) is 18.1 Å². The van der Waals surface area contributed by atoms with E-state index in [9.17, 15) is 13.2 Å². The molecule has 9 heteroatoms. The Bertz CT molecular complexity index is 1150. The van der Waals surface area contributed by atoms with E-state index in [1.54, 1.807) is 13.8 Å². The molecule has 0 aliphatic carbocycles. The van der Waals surface area contributed by atoms with E-state index >= 15 is 0 Å². The normalized spacial score (nSPS) is 11.8. The van der Waals surface area contributed by atoms with Crippen molar-refractivity contribution in [1.29, 1.82) is 0 Å². The number of benzene rings is 2. The number of anilines is 1. The van der Waals surface area contributed by atoms with Crippen molar-refractivity contribution in [3.8, 4) is 5.75 Å². The molecule has 3 rings (SSSR count). The third kappa shape index (κ3) is 4.75. The van der Waals surface area contributed by atoms with Gasteiger partial charge in [0.25, 0.3) is 5.91 Å². The number of ether oxygens (including phenoxy) is 1. The van der Waals surface area contributed by atoms with E-state index in [1.165, 1.54) is 42.2 Å². The second kappa shape index (κ2) is 8.48. The van der Waals surface area contributed by atoms with Crippen molar-refractivity contribution in [2.24, 2.45) is 0 Å². The quantitative estimate of drug-likeness (QED) is 0.591. The van der Waals surface area contributed by atoms with Crippen molar-refractivity contribution in [1.82, 2.24) is 9.71 Å². The molecular weight excluding hydrogens is 410 g/mol. The molecule has 0 aliphatic rings. The summed E-state index contributed by atoms with van der Waals surface area (Å²) in [6, 6.07) is 9.99. The molecule has 0 radical (unpaired) electrons. The fourth-order valence-electron chi connectivity index (χ4n) is 2.81. The number of aryl methyl sites for hydroxylation is 1. The highest BCUT2D eigenvalue weighted by atomic mass is 32.2. The van der Waals surface area contributed by atoms with Crippen molar-refractivity contribution < 1.29 is 17.9 Å². The first kappa shape index (κ1) is 21.2. The summed E-state index contributed by atoms with van der Waals surface area (Å²) in [6.07, 6.45) is 0.920. The first-order valence-corrected chi connectivity index (χ1v) is 11.4. The highest BCUT2D eigenvalue weighted by molar-refractivity contribution is 7.89. The number of amides is 1. The number of rotatable bonds is 7. The lowest BCUT2D eigenvalue weighted by Crippen LogP contribution is -2.30. The molecule has 0 bridgehead atoms. The summed E-state index contributed by atoms with van der Waals surface area (Å²) in [6.45, 7) is 5.52. The average molecular weight is 434 g/mol. The average Bonchev–Trinajstić information content (AvgIpc) is 3.07. The van der Waals surface area contributed by atoms with Gasteiger partial charge < -0.3 is 4.74 Å². The van der Waals surface area contributed by atoms with Gasteiger partial charge in [0.15, 0.2) is 5.13 Å². The fourth-order valence-corrected chi connectivity index (χ4v) is 5.18. The number of nitrogens with one attached hydrogen (secondary N) is 2. The molecule has 0 unspecified atom stereocenters. The Balaban J connectivity index is 1.90. The molecular formula is C20H23N3O4S2. The maximum Gasteiger partial charge on any atom is 0.257 e. The molecule has 2 aromatic carbocycles. The van der Waals surface area contributed by atoms with Gasteiger partial charge in [-0.1, -0.05) is 24.3 Å². The number of thiazole rings is 1. The number of fused-ring (bicyclic) bond motifs is 1. The van der Waals surface area contributed by atoms with E-state index in [0.717, 1.165) is 16.6 Å². The van der Waals surface area contributed by atoms with Crippen LogP contribution in [0.3, 0.4) is 0 Å².